The van der Waals surface area contributed by atoms with Crippen LogP contribution in [0.3, 0.4) is 0 Å². The highest BCUT2D eigenvalue weighted by molar-refractivity contribution is 5.66. The van der Waals surface area contributed by atoms with E-state index in [4.69, 9.17) is 14.6 Å². The van der Waals surface area contributed by atoms with Crippen molar-refractivity contribution in [3.63, 3.8) is 0 Å². The summed E-state index contributed by atoms with van der Waals surface area (Å²) >= 11 is 0. The van der Waals surface area contributed by atoms with Gasteiger partial charge in [-0.1, -0.05) is 0 Å². The van der Waals surface area contributed by atoms with Crippen LogP contribution in [0, 0.1) is 0 Å². The highest BCUT2D eigenvalue weighted by Crippen LogP contribution is 2.19. The predicted octanol–water partition coefficient (Wildman–Crippen LogP) is 2.33. The molecule has 0 bridgehead atoms. The van der Waals surface area contributed by atoms with E-state index in [9.17, 15) is 4.79 Å². The zero-order chi connectivity index (χ0) is 12.0. The van der Waals surface area contributed by atoms with E-state index in [1.165, 1.54) is 0 Å². The fourth-order valence-electron chi connectivity index (χ4n) is 1.27. The van der Waals surface area contributed by atoms with Crippen LogP contribution >= 0.6 is 0 Å². The van der Waals surface area contributed by atoms with E-state index in [0.717, 1.165) is 11.5 Å². The van der Waals surface area contributed by atoms with Crippen molar-refractivity contribution in [3.8, 4) is 11.5 Å². The van der Waals surface area contributed by atoms with Crippen molar-refractivity contribution >= 4 is 5.97 Å². The van der Waals surface area contributed by atoms with Gasteiger partial charge in [0.1, 0.15) is 11.5 Å². The number of carbonyl (C=O) groups is 1. The van der Waals surface area contributed by atoms with Crippen LogP contribution in [0.25, 0.3) is 0 Å². The summed E-state index contributed by atoms with van der Waals surface area (Å²) in [4.78, 5) is 10.4. The highest BCUT2D eigenvalue weighted by atomic mass is 16.5. The largest absolute Gasteiger partial charge is 0.497 e. The van der Waals surface area contributed by atoms with Gasteiger partial charge in [-0.3, -0.25) is 4.79 Å². The van der Waals surface area contributed by atoms with Crippen molar-refractivity contribution in [1.29, 1.82) is 0 Å². The maximum Gasteiger partial charge on any atom is 0.303 e. The number of methoxy groups -OCH3 is 1. The van der Waals surface area contributed by atoms with E-state index in [2.05, 4.69) is 0 Å². The minimum atomic E-state index is -0.801. The van der Waals surface area contributed by atoms with Crippen LogP contribution in [-0.2, 0) is 4.79 Å². The van der Waals surface area contributed by atoms with Crippen LogP contribution in [0.15, 0.2) is 24.3 Å². The smallest absolute Gasteiger partial charge is 0.303 e. The summed E-state index contributed by atoms with van der Waals surface area (Å²) in [6.45, 7) is 1.85. The Morgan fingerprint density at radius 1 is 1.31 bits per heavy atom. The molecule has 1 atom stereocenters. The molecule has 0 spiro atoms. The van der Waals surface area contributed by atoms with E-state index in [-0.39, 0.29) is 12.5 Å². The quantitative estimate of drug-likeness (QED) is 0.805. The Kier molecular flexibility index (Phi) is 4.64. The van der Waals surface area contributed by atoms with E-state index in [1.807, 2.05) is 6.92 Å². The first kappa shape index (κ1) is 12.4. The van der Waals surface area contributed by atoms with Gasteiger partial charge >= 0.3 is 5.97 Å². The van der Waals surface area contributed by atoms with Gasteiger partial charge in [0, 0.05) is 6.42 Å². The fourth-order valence-corrected chi connectivity index (χ4v) is 1.27. The summed E-state index contributed by atoms with van der Waals surface area (Å²) in [6, 6.07) is 7.21. The lowest BCUT2D eigenvalue weighted by Gasteiger charge is -2.13. The molecule has 1 aromatic rings. The lowest BCUT2D eigenvalue weighted by Crippen LogP contribution is -2.13. The Hall–Kier alpha value is -1.71. The number of carboxylic acids is 1. The number of aliphatic carboxylic acids is 1. The van der Waals surface area contributed by atoms with Crippen LogP contribution in [0.5, 0.6) is 11.5 Å². The summed E-state index contributed by atoms with van der Waals surface area (Å²) in [6.07, 6.45) is 0.517. The van der Waals surface area contributed by atoms with Crippen molar-refractivity contribution in [3.05, 3.63) is 24.3 Å². The second kappa shape index (κ2) is 6.00. The van der Waals surface area contributed by atoms with Crippen LogP contribution in [0.1, 0.15) is 19.8 Å². The van der Waals surface area contributed by atoms with Gasteiger partial charge in [0.25, 0.3) is 0 Å². The molecule has 0 aliphatic rings. The third kappa shape index (κ3) is 4.21. The first-order valence-electron chi connectivity index (χ1n) is 5.14. The van der Waals surface area contributed by atoms with Gasteiger partial charge in [0.05, 0.1) is 13.2 Å². The molecule has 0 saturated heterocycles. The topological polar surface area (TPSA) is 55.8 Å². The molecule has 0 fully saturated rings. The van der Waals surface area contributed by atoms with Gasteiger partial charge in [-0.2, -0.15) is 0 Å². The van der Waals surface area contributed by atoms with Crippen molar-refractivity contribution in [2.75, 3.05) is 7.11 Å². The van der Waals surface area contributed by atoms with Gasteiger partial charge in [-0.05, 0) is 37.6 Å². The molecule has 1 rings (SSSR count). The molecule has 0 radical (unpaired) electrons. The molecule has 0 aliphatic carbocycles. The van der Waals surface area contributed by atoms with Crippen molar-refractivity contribution in [1.82, 2.24) is 0 Å². The molecule has 1 unspecified atom stereocenters. The molecule has 0 saturated carbocycles. The molecule has 0 aromatic heterocycles. The fraction of sp³-hybridized carbons (Fsp3) is 0.417. The Morgan fingerprint density at radius 2 is 1.88 bits per heavy atom. The predicted molar refractivity (Wildman–Crippen MR) is 60.0 cm³/mol. The number of hydrogen-bond acceptors (Lipinski definition) is 3. The summed E-state index contributed by atoms with van der Waals surface area (Å²) in [7, 11) is 1.60. The Labute approximate surface area is 94.8 Å². The van der Waals surface area contributed by atoms with Crippen molar-refractivity contribution in [2.24, 2.45) is 0 Å². The van der Waals surface area contributed by atoms with Crippen molar-refractivity contribution in [2.45, 2.75) is 25.9 Å². The molecule has 0 amide bonds. The van der Waals surface area contributed by atoms with Gasteiger partial charge in [0.2, 0.25) is 0 Å². The summed E-state index contributed by atoms with van der Waals surface area (Å²) in [5.74, 6) is 0.689. The molecule has 16 heavy (non-hydrogen) atoms. The molecule has 1 N–H and O–H groups in total. The van der Waals surface area contributed by atoms with Crippen LogP contribution in [-0.4, -0.2) is 24.3 Å². The summed E-state index contributed by atoms with van der Waals surface area (Å²) in [5, 5.41) is 8.52. The highest BCUT2D eigenvalue weighted by Gasteiger charge is 2.06. The SMILES string of the molecule is COc1ccc(OC(C)CCC(=O)O)cc1. The van der Waals surface area contributed by atoms with E-state index >= 15 is 0 Å². The third-order valence-electron chi connectivity index (χ3n) is 2.16. The summed E-state index contributed by atoms with van der Waals surface area (Å²) in [5.41, 5.74) is 0. The molecular weight excluding hydrogens is 208 g/mol. The van der Waals surface area contributed by atoms with Gasteiger partial charge in [0.15, 0.2) is 0 Å². The van der Waals surface area contributed by atoms with Gasteiger partial charge in [-0.15, -0.1) is 0 Å². The zero-order valence-corrected chi connectivity index (χ0v) is 9.47. The molecule has 4 heteroatoms. The van der Waals surface area contributed by atoms with E-state index in [1.54, 1.807) is 31.4 Å². The van der Waals surface area contributed by atoms with Crippen LogP contribution < -0.4 is 9.47 Å². The molecule has 4 nitrogen and oxygen atoms in total. The number of ether oxygens (including phenoxy) is 2. The average molecular weight is 224 g/mol. The lowest BCUT2D eigenvalue weighted by atomic mass is 10.2. The van der Waals surface area contributed by atoms with Gasteiger partial charge in [-0.25, -0.2) is 0 Å². The maximum atomic E-state index is 10.4. The van der Waals surface area contributed by atoms with Crippen LogP contribution in [0.4, 0.5) is 0 Å². The van der Waals surface area contributed by atoms with E-state index in [0.29, 0.717) is 6.42 Å². The first-order chi connectivity index (χ1) is 7.61. The Balaban J connectivity index is 2.43. The Morgan fingerprint density at radius 3 is 2.38 bits per heavy atom. The van der Waals surface area contributed by atoms with Crippen LogP contribution in [0.2, 0.25) is 0 Å². The number of benzene rings is 1. The minimum Gasteiger partial charge on any atom is -0.497 e. The van der Waals surface area contributed by atoms with Crippen molar-refractivity contribution < 1.29 is 19.4 Å². The monoisotopic (exact) mass is 224 g/mol. The third-order valence-corrected chi connectivity index (χ3v) is 2.16. The lowest BCUT2D eigenvalue weighted by molar-refractivity contribution is -0.137. The second-order valence-corrected chi connectivity index (χ2v) is 3.54. The number of carboxylic acid groups (broad SMARTS) is 1. The Bertz CT molecular complexity index is 331. The number of rotatable bonds is 6. The normalized spacial score (nSPS) is 11.9. The average Bonchev–Trinajstić information content (AvgIpc) is 2.27. The van der Waals surface area contributed by atoms with Gasteiger partial charge < -0.3 is 14.6 Å². The van der Waals surface area contributed by atoms with E-state index < -0.39 is 5.97 Å². The number of hydrogen-bond donors (Lipinski definition) is 1. The summed E-state index contributed by atoms with van der Waals surface area (Å²) < 4.78 is 10.6. The minimum absolute atomic E-state index is 0.107. The molecule has 0 heterocycles. The maximum absolute atomic E-state index is 10.4. The first-order valence-corrected chi connectivity index (χ1v) is 5.14. The standard InChI is InChI=1S/C12H16O4/c1-9(3-8-12(13)14)16-11-6-4-10(15-2)5-7-11/h4-7,9H,3,8H2,1-2H3,(H,13,14). The zero-order valence-electron chi connectivity index (χ0n) is 9.47. The molecular formula is C12H16O4. The second-order valence-electron chi connectivity index (χ2n) is 3.54. The molecule has 88 valence electrons. The molecule has 1 aromatic carbocycles. The molecule has 0 aliphatic heterocycles.